The number of ether oxygens (including phenoxy) is 3. The minimum atomic E-state index is -0.771. The van der Waals surface area contributed by atoms with Crippen LogP contribution in [-0.4, -0.2) is 66.5 Å². The predicted octanol–water partition coefficient (Wildman–Crippen LogP) is 3.23. The number of likely N-dealkylation sites (tertiary alicyclic amines) is 1. The van der Waals surface area contributed by atoms with Crippen LogP contribution in [0.25, 0.3) is 0 Å². The summed E-state index contributed by atoms with van der Waals surface area (Å²) in [5.74, 6) is 0.987. The monoisotopic (exact) mass is 472 g/mol. The lowest BCUT2D eigenvalue weighted by atomic mass is 9.97. The van der Waals surface area contributed by atoms with Crippen molar-refractivity contribution in [2.45, 2.75) is 32.3 Å². The number of carbonyl (C=O) groups excluding carboxylic acids is 1. The molecule has 1 aliphatic rings. The highest BCUT2D eigenvalue weighted by Crippen LogP contribution is 2.29. The first-order valence-electron chi connectivity index (χ1n) is 11.6. The Bertz CT molecular complexity index is 930. The Kier molecular flexibility index (Phi) is 9.66. The van der Waals surface area contributed by atoms with Crippen molar-refractivity contribution in [1.29, 1.82) is 0 Å². The molecule has 1 fully saturated rings. The van der Waals surface area contributed by atoms with Gasteiger partial charge in [-0.3, -0.25) is 14.9 Å². The minimum Gasteiger partial charge on any atom is -0.493 e. The van der Waals surface area contributed by atoms with Gasteiger partial charge < -0.3 is 24.2 Å². The number of carbonyl (C=O) groups is 1. The normalized spacial score (nSPS) is 15.5. The number of hydrogen-bond acceptors (Lipinski definition) is 8. The third-order valence-electron chi connectivity index (χ3n) is 5.77. The third kappa shape index (κ3) is 7.71. The van der Waals surface area contributed by atoms with Crippen molar-refractivity contribution < 1.29 is 29.0 Å². The first-order chi connectivity index (χ1) is 16.5. The molecule has 1 unspecified atom stereocenters. The third-order valence-corrected chi connectivity index (χ3v) is 5.77. The SMILES string of the molecule is CCOC(=O)Cc1c(OCC(O)CN2CCC(COc3ccccc3)CC2)cccc1[N+](=O)[O-]. The first kappa shape index (κ1) is 25.5. The first-order valence-corrected chi connectivity index (χ1v) is 11.6. The summed E-state index contributed by atoms with van der Waals surface area (Å²) in [6.07, 6.45) is 0.922. The molecule has 0 radical (unpaired) electrons. The lowest BCUT2D eigenvalue weighted by molar-refractivity contribution is -0.385. The van der Waals surface area contributed by atoms with E-state index >= 15 is 0 Å². The van der Waals surface area contributed by atoms with Crippen molar-refractivity contribution in [3.63, 3.8) is 0 Å². The fourth-order valence-electron chi connectivity index (χ4n) is 4.00. The molecule has 1 N–H and O–H groups in total. The van der Waals surface area contributed by atoms with Crippen LogP contribution in [-0.2, 0) is 16.0 Å². The van der Waals surface area contributed by atoms with Gasteiger partial charge in [0.15, 0.2) is 0 Å². The minimum absolute atomic E-state index is 0.0337. The van der Waals surface area contributed by atoms with Gasteiger partial charge in [-0.15, -0.1) is 0 Å². The predicted molar refractivity (Wildman–Crippen MR) is 126 cm³/mol. The van der Waals surface area contributed by atoms with E-state index in [2.05, 4.69) is 4.90 Å². The summed E-state index contributed by atoms with van der Waals surface area (Å²) in [4.78, 5) is 25.0. The number of rotatable bonds is 12. The summed E-state index contributed by atoms with van der Waals surface area (Å²) < 4.78 is 16.5. The number of benzene rings is 2. The van der Waals surface area contributed by atoms with Gasteiger partial charge in [-0.25, -0.2) is 0 Å². The number of nitro benzene ring substituents is 1. The van der Waals surface area contributed by atoms with Crippen molar-refractivity contribution >= 4 is 11.7 Å². The molecule has 0 bridgehead atoms. The fraction of sp³-hybridized carbons (Fsp3) is 0.480. The molecule has 2 aromatic rings. The van der Waals surface area contributed by atoms with Crippen LogP contribution in [0, 0.1) is 16.0 Å². The Morgan fingerprint density at radius 3 is 2.56 bits per heavy atom. The topological polar surface area (TPSA) is 111 Å². The van der Waals surface area contributed by atoms with E-state index in [4.69, 9.17) is 14.2 Å². The molecule has 9 heteroatoms. The van der Waals surface area contributed by atoms with Gasteiger partial charge in [0.2, 0.25) is 0 Å². The number of β-amino-alcohol motifs (C(OH)–C–C–N with tert-alkyl or cyclic N) is 1. The van der Waals surface area contributed by atoms with Crippen molar-refractivity contribution in [3.8, 4) is 11.5 Å². The van der Waals surface area contributed by atoms with E-state index in [1.165, 1.54) is 12.1 Å². The summed E-state index contributed by atoms with van der Waals surface area (Å²) in [6.45, 7) is 4.64. The molecule has 184 valence electrons. The van der Waals surface area contributed by atoms with Gasteiger partial charge in [0.1, 0.15) is 24.2 Å². The molecule has 0 aliphatic carbocycles. The summed E-state index contributed by atoms with van der Waals surface area (Å²) in [5, 5.41) is 21.9. The molecule has 2 aromatic carbocycles. The van der Waals surface area contributed by atoms with Crippen LogP contribution in [0.4, 0.5) is 5.69 Å². The van der Waals surface area contributed by atoms with Gasteiger partial charge in [-0.05, 0) is 57.0 Å². The second kappa shape index (κ2) is 12.9. The van der Waals surface area contributed by atoms with Crippen molar-refractivity contribution in [3.05, 3.63) is 64.2 Å². The summed E-state index contributed by atoms with van der Waals surface area (Å²) in [7, 11) is 0. The molecule has 0 aromatic heterocycles. The highest BCUT2D eigenvalue weighted by molar-refractivity contribution is 5.75. The van der Waals surface area contributed by atoms with Crippen molar-refractivity contribution in [1.82, 2.24) is 4.90 Å². The number of piperidine rings is 1. The Morgan fingerprint density at radius 2 is 1.88 bits per heavy atom. The van der Waals surface area contributed by atoms with E-state index in [0.717, 1.165) is 31.7 Å². The Balaban J connectivity index is 1.47. The van der Waals surface area contributed by atoms with Gasteiger partial charge >= 0.3 is 5.97 Å². The van der Waals surface area contributed by atoms with Crippen LogP contribution in [0.15, 0.2) is 48.5 Å². The largest absolute Gasteiger partial charge is 0.493 e. The number of hydrogen-bond donors (Lipinski definition) is 1. The average Bonchev–Trinajstić information content (AvgIpc) is 2.83. The molecule has 3 rings (SSSR count). The smallest absolute Gasteiger partial charge is 0.310 e. The van der Waals surface area contributed by atoms with Gasteiger partial charge in [0.25, 0.3) is 5.69 Å². The molecule has 0 saturated carbocycles. The van der Waals surface area contributed by atoms with E-state index in [-0.39, 0.29) is 36.6 Å². The van der Waals surface area contributed by atoms with Gasteiger partial charge in [-0.2, -0.15) is 0 Å². The van der Waals surface area contributed by atoms with E-state index < -0.39 is 17.0 Å². The highest BCUT2D eigenvalue weighted by atomic mass is 16.6. The van der Waals surface area contributed by atoms with Crippen LogP contribution in [0.2, 0.25) is 0 Å². The highest BCUT2D eigenvalue weighted by Gasteiger charge is 2.24. The van der Waals surface area contributed by atoms with Gasteiger partial charge in [-0.1, -0.05) is 24.3 Å². The molecule has 1 aliphatic heterocycles. The summed E-state index contributed by atoms with van der Waals surface area (Å²) >= 11 is 0. The Labute approximate surface area is 199 Å². The maximum absolute atomic E-state index is 11.9. The number of nitrogens with zero attached hydrogens (tertiary/aromatic N) is 2. The lowest BCUT2D eigenvalue weighted by Gasteiger charge is -2.33. The fourth-order valence-corrected chi connectivity index (χ4v) is 4.00. The van der Waals surface area contributed by atoms with Crippen LogP contribution < -0.4 is 9.47 Å². The number of aliphatic hydroxyl groups is 1. The molecule has 1 atom stereocenters. The van der Waals surface area contributed by atoms with Gasteiger partial charge in [0.05, 0.1) is 30.1 Å². The van der Waals surface area contributed by atoms with Crippen molar-refractivity contribution in [2.75, 3.05) is 39.5 Å². The zero-order valence-corrected chi connectivity index (χ0v) is 19.4. The molecule has 1 heterocycles. The molecule has 9 nitrogen and oxygen atoms in total. The maximum atomic E-state index is 11.9. The number of aliphatic hydroxyl groups excluding tert-OH is 1. The van der Waals surface area contributed by atoms with Crippen LogP contribution in [0.3, 0.4) is 0 Å². The maximum Gasteiger partial charge on any atom is 0.310 e. The Morgan fingerprint density at radius 1 is 1.15 bits per heavy atom. The standard InChI is InChI=1S/C25H32N2O7/c1-2-32-25(29)15-22-23(27(30)31)9-6-10-24(22)34-18-20(28)16-26-13-11-19(12-14-26)17-33-21-7-4-3-5-8-21/h3-10,19-20,28H,2,11-18H2,1H3. The van der Waals surface area contributed by atoms with Gasteiger partial charge in [0, 0.05) is 12.6 Å². The number of esters is 1. The van der Waals surface area contributed by atoms with E-state index in [1.807, 2.05) is 30.3 Å². The van der Waals surface area contributed by atoms with Crippen LogP contribution >= 0.6 is 0 Å². The van der Waals surface area contributed by atoms with Crippen LogP contribution in [0.5, 0.6) is 11.5 Å². The zero-order chi connectivity index (χ0) is 24.3. The molecule has 34 heavy (non-hydrogen) atoms. The second-order valence-electron chi connectivity index (χ2n) is 8.33. The van der Waals surface area contributed by atoms with E-state index in [1.54, 1.807) is 13.0 Å². The zero-order valence-electron chi connectivity index (χ0n) is 19.4. The average molecular weight is 473 g/mol. The molecule has 0 spiro atoms. The van der Waals surface area contributed by atoms with Crippen LogP contribution in [0.1, 0.15) is 25.3 Å². The molecular weight excluding hydrogens is 440 g/mol. The molecular formula is C25H32N2O7. The van der Waals surface area contributed by atoms with Crippen molar-refractivity contribution in [2.24, 2.45) is 5.92 Å². The molecule has 0 amide bonds. The van der Waals surface area contributed by atoms with E-state index in [9.17, 15) is 20.0 Å². The second-order valence-corrected chi connectivity index (χ2v) is 8.33. The summed E-state index contributed by atoms with van der Waals surface area (Å²) in [5.41, 5.74) is -0.0581. The quantitative estimate of drug-likeness (QED) is 0.285. The lowest BCUT2D eigenvalue weighted by Crippen LogP contribution is -2.41. The summed E-state index contributed by atoms with van der Waals surface area (Å²) in [6, 6.07) is 14.1. The Hall–Kier alpha value is -3.17. The number of nitro groups is 1. The molecule has 1 saturated heterocycles. The van der Waals surface area contributed by atoms with E-state index in [0.29, 0.717) is 19.1 Å². The number of para-hydroxylation sites is 1.